The minimum absolute atomic E-state index is 0.0418. The largest absolute Gasteiger partial charge is 0.376 e. The van der Waals surface area contributed by atoms with Crippen LogP contribution in [0.5, 0.6) is 0 Å². The molecule has 0 radical (unpaired) electrons. The second kappa shape index (κ2) is 5.96. The van der Waals surface area contributed by atoms with E-state index >= 15 is 0 Å². The first-order chi connectivity index (χ1) is 11.3. The Balaban J connectivity index is 1.65. The van der Waals surface area contributed by atoms with Gasteiger partial charge in [0.1, 0.15) is 0 Å². The van der Waals surface area contributed by atoms with Gasteiger partial charge >= 0.3 is 0 Å². The smallest absolute Gasteiger partial charge is 0.228 e. The molecule has 6 heteroatoms. The van der Waals surface area contributed by atoms with E-state index in [0.717, 1.165) is 42.0 Å². The normalized spacial score (nSPS) is 19.5. The molecule has 0 aliphatic carbocycles. The highest BCUT2D eigenvalue weighted by molar-refractivity contribution is 5.99. The summed E-state index contributed by atoms with van der Waals surface area (Å²) in [5.74, 6) is 0.531. The monoisotopic (exact) mass is 310 g/mol. The lowest BCUT2D eigenvalue weighted by atomic mass is 10.1. The van der Waals surface area contributed by atoms with Crippen LogP contribution in [0.1, 0.15) is 18.4 Å². The molecule has 2 aliphatic rings. The van der Waals surface area contributed by atoms with E-state index in [1.54, 1.807) is 6.20 Å². The van der Waals surface area contributed by atoms with E-state index in [1.165, 1.54) is 0 Å². The lowest BCUT2D eigenvalue weighted by Gasteiger charge is -2.12. The molecule has 6 nitrogen and oxygen atoms in total. The Morgan fingerprint density at radius 3 is 3.13 bits per heavy atom. The Morgan fingerprint density at radius 1 is 1.35 bits per heavy atom. The summed E-state index contributed by atoms with van der Waals surface area (Å²) >= 11 is 0. The molecule has 1 atom stereocenters. The summed E-state index contributed by atoms with van der Waals surface area (Å²) in [5, 5.41) is 6.16. The van der Waals surface area contributed by atoms with E-state index < -0.39 is 0 Å². The quantitative estimate of drug-likeness (QED) is 0.909. The summed E-state index contributed by atoms with van der Waals surface area (Å²) in [7, 11) is 0. The van der Waals surface area contributed by atoms with Crippen LogP contribution in [-0.4, -0.2) is 35.1 Å². The second-order valence-electron chi connectivity index (χ2n) is 5.85. The van der Waals surface area contributed by atoms with Gasteiger partial charge in [0.15, 0.2) is 0 Å². The van der Waals surface area contributed by atoms with E-state index in [1.807, 2.05) is 24.3 Å². The van der Waals surface area contributed by atoms with Gasteiger partial charge in [0.25, 0.3) is 0 Å². The molecule has 1 amide bonds. The molecule has 0 saturated carbocycles. The van der Waals surface area contributed by atoms with E-state index in [9.17, 15) is 4.79 Å². The molecule has 1 unspecified atom stereocenters. The number of para-hydroxylation sites is 1. The summed E-state index contributed by atoms with van der Waals surface area (Å²) < 4.78 is 5.60. The lowest BCUT2D eigenvalue weighted by molar-refractivity contribution is -0.115. The van der Waals surface area contributed by atoms with Crippen LogP contribution in [0.3, 0.4) is 0 Å². The van der Waals surface area contributed by atoms with Gasteiger partial charge < -0.3 is 15.4 Å². The fraction of sp³-hybridized carbons (Fsp3) is 0.353. The van der Waals surface area contributed by atoms with Gasteiger partial charge in [-0.1, -0.05) is 18.2 Å². The number of hydrogen-bond donors (Lipinski definition) is 2. The van der Waals surface area contributed by atoms with Crippen LogP contribution in [0, 0.1) is 0 Å². The van der Waals surface area contributed by atoms with Gasteiger partial charge in [0.2, 0.25) is 11.9 Å². The maximum Gasteiger partial charge on any atom is 0.228 e. The zero-order valence-corrected chi connectivity index (χ0v) is 12.7. The maximum absolute atomic E-state index is 12.0. The highest BCUT2D eigenvalue weighted by atomic mass is 16.5. The minimum atomic E-state index is -0.0418. The molecular weight excluding hydrogens is 292 g/mol. The number of amides is 1. The molecule has 3 heterocycles. The van der Waals surface area contributed by atoms with Gasteiger partial charge in [-0.05, 0) is 18.9 Å². The highest BCUT2D eigenvalue weighted by Gasteiger charge is 2.21. The number of nitrogens with zero attached hydrogens (tertiary/aromatic N) is 2. The molecule has 2 aliphatic heterocycles. The van der Waals surface area contributed by atoms with Crippen LogP contribution < -0.4 is 10.6 Å². The van der Waals surface area contributed by atoms with Crippen molar-refractivity contribution < 1.29 is 9.53 Å². The molecule has 118 valence electrons. The summed E-state index contributed by atoms with van der Waals surface area (Å²) in [6, 6.07) is 7.71. The first-order valence-electron chi connectivity index (χ1n) is 7.90. The van der Waals surface area contributed by atoms with Crippen LogP contribution in [0.2, 0.25) is 0 Å². The summed E-state index contributed by atoms with van der Waals surface area (Å²) in [6.07, 6.45) is 4.43. The Morgan fingerprint density at radius 2 is 2.26 bits per heavy atom. The lowest BCUT2D eigenvalue weighted by Crippen LogP contribution is -2.20. The van der Waals surface area contributed by atoms with E-state index in [-0.39, 0.29) is 18.4 Å². The SMILES string of the molecule is O=C1Cc2cnc(NCC3CCCO3)nc2-c2ccccc2N1. The average molecular weight is 310 g/mol. The number of carbonyl (C=O) groups excluding carboxylic acids is 1. The van der Waals surface area contributed by atoms with Crippen LogP contribution in [0.25, 0.3) is 11.3 Å². The van der Waals surface area contributed by atoms with Gasteiger partial charge in [-0.25, -0.2) is 9.97 Å². The van der Waals surface area contributed by atoms with E-state index in [2.05, 4.69) is 20.6 Å². The van der Waals surface area contributed by atoms with Crippen molar-refractivity contribution >= 4 is 17.5 Å². The van der Waals surface area contributed by atoms with Crippen LogP contribution in [0.15, 0.2) is 30.5 Å². The van der Waals surface area contributed by atoms with Gasteiger partial charge in [-0.2, -0.15) is 0 Å². The number of nitrogens with one attached hydrogen (secondary N) is 2. The number of carbonyl (C=O) groups is 1. The van der Waals surface area contributed by atoms with Crippen LogP contribution in [-0.2, 0) is 16.0 Å². The van der Waals surface area contributed by atoms with Gasteiger partial charge in [0, 0.05) is 30.5 Å². The van der Waals surface area contributed by atoms with E-state index in [0.29, 0.717) is 12.5 Å². The predicted octanol–water partition coefficient (Wildman–Crippen LogP) is 2.23. The van der Waals surface area contributed by atoms with Crippen molar-refractivity contribution in [3.05, 3.63) is 36.0 Å². The topological polar surface area (TPSA) is 76.1 Å². The third kappa shape index (κ3) is 2.90. The van der Waals surface area contributed by atoms with Crippen molar-refractivity contribution in [2.24, 2.45) is 0 Å². The number of rotatable bonds is 3. The number of aromatic nitrogens is 2. The minimum Gasteiger partial charge on any atom is -0.376 e. The number of fused-ring (bicyclic) bond motifs is 3. The summed E-state index contributed by atoms with van der Waals surface area (Å²) in [5.41, 5.74) is 3.37. The van der Waals surface area contributed by atoms with Gasteiger partial charge in [-0.15, -0.1) is 0 Å². The predicted molar refractivity (Wildman–Crippen MR) is 87.3 cm³/mol. The molecule has 0 spiro atoms. The van der Waals surface area contributed by atoms with Crippen molar-refractivity contribution in [1.82, 2.24) is 9.97 Å². The molecule has 1 aromatic carbocycles. The maximum atomic E-state index is 12.0. The third-order valence-electron chi connectivity index (χ3n) is 4.18. The average Bonchev–Trinajstić information content (AvgIpc) is 3.03. The molecule has 1 aromatic heterocycles. The Bertz CT molecular complexity index is 741. The molecule has 0 bridgehead atoms. The summed E-state index contributed by atoms with van der Waals surface area (Å²) in [4.78, 5) is 21.0. The number of anilines is 2. The van der Waals surface area contributed by atoms with E-state index in [4.69, 9.17) is 4.74 Å². The van der Waals surface area contributed by atoms with Gasteiger partial charge in [-0.3, -0.25) is 4.79 Å². The molecule has 1 saturated heterocycles. The zero-order valence-electron chi connectivity index (χ0n) is 12.7. The van der Waals surface area contributed by atoms with Gasteiger partial charge in [0.05, 0.1) is 23.9 Å². The molecule has 2 aromatic rings. The summed E-state index contributed by atoms with van der Waals surface area (Å²) in [6.45, 7) is 1.54. The van der Waals surface area contributed by atoms with Crippen molar-refractivity contribution in [3.8, 4) is 11.3 Å². The number of ether oxygens (including phenoxy) is 1. The first kappa shape index (κ1) is 14.1. The first-order valence-corrected chi connectivity index (χ1v) is 7.90. The zero-order chi connectivity index (χ0) is 15.6. The fourth-order valence-corrected chi connectivity index (χ4v) is 3.03. The number of hydrogen-bond acceptors (Lipinski definition) is 5. The Labute approximate surface area is 134 Å². The number of benzene rings is 1. The fourth-order valence-electron chi connectivity index (χ4n) is 3.03. The van der Waals surface area contributed by atoms with Crippen LogP contribution >= 0.6 is 0 Å². The molecule has 4 rings (SSSR count). The molecule has 23 heavy (non-hydrogen) atoms. The Hall–Kier alpha value is -2.47. The standard InChI is InChI=1S/C17H18N4O2/c22-15-8-11-9-18-17(19-10-12-4-3-7-23-12)21-16(11)13-5-1-2-6-14(13)20-15/h1-2,5-6,9,12H,3-4,7-8,10H2,(H,20,22)(H,18,19,21). The molecule has 1 fully saturated rings. The van der Waals surface area contributed by atoms with Crippen molar-refractivity contribution in [2.75, 3.05) is 23.8 Å². The highest BCUT2D eigenvalue weighted by Crippen LogP contribution is 2.32. The molecular formula is C17H18N4O2. The third-order valence-corrected chi connectivity index (χ3v) is 4.18. The molecule has 2 N–H and O–H groups in total. The van der Waals surface area contributed by atoms with Crippen molar-refractivity contribution in [1.29, 1.82) is 0 Å². The van der Waals surface area contributed by atoms with Crippen LogP contribution in [0.4, 0.5) is 11.6 Å². The second-order valence-corrected chi connectivity index (χ2v) is 5.85. The van der Waals surface area contributed by atoms with Crippen molar-refractivity contribution in [3.63, 3.8) is 0 Å². The van der Waals surface area contributed by atoms with Crippen molar-refractivity contribution in [2.45, 2.75) is 25.4 Å². The Kier molecular flexibility index (Phi) is 3.67.